The first-order chi connectivity index (χ1) is 19.1. The fourth-order valence-corrected chi connectivity index (χ4v) is 5.13. The Kier molecular flexibility index (Phi) is 18.4. The summed E-state index contributed by atoms with van der Waals surface area (Å²) in [5.41, 5.74) is 0. The molecule has 0 aromatic heterocycles. The van der Waals surface area contributed by atoms with E-state index in [1.165, 1.54) is 83.5 Å². The monoisotopic (exact) mass is 560 g/mol. The minimum atomic E-state index is -0.136. The van der Waals surface area contributed by atoms with Gasteiger partial charge in [0.05, 0.1) is 11.6 Å². The van der Waals surface area contributed by atoms with Crippen LogP contribution in [-0.2, 0) is 4.79 Å². The van der Waals surface area contributed by atoms with Crippen LogP contribution in [0.3, 0.4) is 0 Å². The number of hydrogen-bond donors (Lipinski definition) is 1. The van der Waals surface area contributed by atoms with Crippen LogP contribution < -0.4 is 14.8 Å². The van der Waals surface area contributed by atoms with Gasteiger partial charge in [-0.1, -0.05) is 114 Å². The highest BCUT2D eigenvalue weighted by atomic mass is 35.5. The van der Waals surface area contributed by atoms with Crippen molar-refractivity contribution in [3.63, 3.8) is 0 Å². The molecule has 1 aliphatic heterocycles. The summed E-state index contributed by atoms with van der Waals surface area (Å²) in [4.78, 5) is 14.4. The first-order valence-electron chi connectivity index (χ1n) is 15.6. The molecule has 1 heterocycles. The summed E-state index contributed by atoms with van der Waals surface area (Å²) in [6.45, 7) is 6.59. The molecule has 0 aliphatic carbocycles. The van der Waals surface area contributed by atoms with Gasteiger partial charge < -0.3 is 19.7 Å². The van der Waals surface area contributed by atoms with Crippen molar-refractivity contribution in [3.05, 3.63) is 47.6 Å². The molecular formula is C33H53ClN2O3. The number of hydrogen-bond acceptors (Lipinski definition) is 4. The Morgan fingerprint density at radius 1 is 0.872 bits per heavy atom. The molecule has 0 bridgehead atoms. The lowest BCUT2D eigenvalue weighted by molar-refractivity contribution is -0.123. The lowest BCUT2D eigenvalue weighted by Gasteiger charge is -2.29. The highest BCUT2D eigenvalue weighted by Crippen LogP contribution is 2.29. The molecule has 1 atom stereocenters. The van der Waals surface area contributed by atoms with E-state index in [4.69, 9.17) is 21.1 Å². The van der Waals surface area contributed by atoms with Gasteiger partial charge in [-0.15, -0.1) is 0 Å². The summed E-state index contributed by atoms with van der Waals surface area (Å²) in [6, 6.07) is 5.66. The Bertz CT molecular complexity index is 842. The largest absolute Gasteiger partial charge is 0.492 e. The summed E-state index contributed by atoms with van der Waals surface area (Å²) in [7, 11) is 0. The topological polar surface area (TPSA) is 50.8 Å². The molecule has 1 aliphatic rings. The lowest BCUT2D eigenvalue weighted by Crippen LogP contribution is -2.36. The molecule has 1 N–H and O–H groups in total. The predicted octanol–water partition coefficient (Wildman–Crippen LogP) is 8.86. The van der Waals surface area contributed by atoms with Crippen LogP contribution in [-0.4, -0.2) is 43.2 Å². The maximum Gasteiger partial charge on any atom is 0.257 e. The Balaban J connectivity index is 1.46. The van der Waals surface area contributed by atoms with Crippen LogP contribution in [0.25, 0.3) is 0 Å². The van der Waals surface area contributed by atoms with Gasteiger partial charge in [-0.05, 0) is 44.2 Å². The fraction of sp³-hybridized carbons (Fsp3) is 0.667. The van der Waals surface area contributed by atoms with Crippen molar-refractivity contribution < 1.29 is 14.3 Å². The SMILES string of the molecule is CCCCCCCCCCCCCCCCOc1ccc(OCC(=O)NCCC2C=CC=CN2CC)cc1Cl. The molecule has 0 radical (unpaired) electrons. The summed E-state index contributed by atoms with van der Waals surface area (Å²) in [6.07, 6.45) is 28.0. The van der Waals surface area contributed by atoms with E-state index in [9.17, 15) is 4.79 Å². The number of likely N-dealkylation sites (N-methyl/N-ethyl adjacent to an activating group) is 1. The number of amides is 1. The van der Waals surface area contributed by atoms with Crippen molar-refractivity contribution >= 4 is 17.5 Å². The molecule has 0 fully saturated rings. The molecule has 39 heavy (non-hydrogen) atoms. The smallest absolute Gasteiger partial charge is 0.257 e. The number of carbonyl (C=O) groups excluding carboxylic acids is 1. The van der Waals surface area contributed by atoms with E-state index in [2.05, 4.69) is 42.4 Å². The number of rotatable bonds is 23. The minimum absolute atomic E-state index is 0.0342. The molecule has 6 heteroatoms. The molecule has 1 aromatic carbocycles. The quantitative estimate of drug-likeness (QED) is 0.136. The van der Waals surface area contributed by atoms with Gasteiger partial charge >= 0.3 is 0 Å². The van der Waals surface area contributed by atoms with E-state index < -0.39 is 0 Å². The number of allylic oxidation sites excluding steroid dienone is 2. The average Bonchev–Trinajstić information content (AvgIpc) is 2.95. The Morgan fingerprint density at radius 2 is 1.51 bits per heavy atom. The zero-order valence-corrected chi connectivity index (χ0v) is 25.4. The molecule has 2 rings (SSSR count). The third-order valence-corrected chi connectivity index (χ3v) is 7.60. The minimum Gasteiger partial charge on any atom is -0.492 e. The molecule has 0 saturated heterocycles. The van der Waals surface area contributed by atoms with Gasteiger partial charge in [-0.25, -0.2) is 0 Å². The van der Waals surface area contributed by atoms with E-state index in [1.54, 1.807) is 12.1 Å². The number of benzene rings is 1. The fourth-order valence-electron chi connectivity index (χ4n) is 4.90. The zero-order valence-electron chi connectivity index (χ0n) is 24.6. The number of carbonyl (C=O) groups is 1. The van der Waals surface area contributed by atoms with Gasteiger partial charge in [0.25, 0.3) is 5.91 Å². The molecule has 220 valence electrons. The second-order valence-corrected chi connectivity index (χ2v) is 11.0. The van der Waals surface area contributed by atoms with E-state index in [0.29, 0.717) is 35.7 Å². The second kappa shape index (κ2) is 21.7. The maximum absolute atomic E-state index is 12.2. The molecule has 1 amide bonds. The number of nitrogens with one attached hydrogen (secondary N) is 1. The Labute approximate surface area is 243 Å². The van der Waals surface area contributed by atoms with Gasteiger partial charge in [-0.3, -0.25) is 4.79 Å². The lowest BCUT2D eigenvalue weighted by atomic mass is 10.0. The summed E-state index contributed by atoms with van der Waals surface area (Å²) < 4.78 is 11.5. The van der Waals surface area contributed by atoms with Crippen molar-refractivity contribution in [2.45, 2.75) is 116 Å². The molecule has 0 spiro atoms. The van der Waals surface area contributed by atoms with E-state index in [0.717, 1.165) is 19.4 Å². The van der Waals surface area contributed by atoms with E-state index >= 15 is 0 Å². The van der Waals surface area contributed by atoms with Crippen LogP contribution in [0.1, 0.15) is 110 Å². The second-order valence-electron chi connectivity index (χ2n) is 10.6. The van der Waals surface area contributed by atoms with Gasteiger partial charge in [0.2, 0.25) is 0 Å². The third-order valence-electron chi connectivity index (χ3n) is 7.30. The molecule has 1 unspecified atom stereocenters. The summed E-state index contributed by atoms with van der Waals surface area (Å²) >= 11 is 6.38. The Hall–Kier alpha value is -2.14. The Morgan fingerprint density at radius 3 is 2.13 bits per heavy atom. The van der Waals surface area contributed by atoms with Crippen molar-refractivity contribution in [1.29, 1.82) is 0 Å². The first kappa shape index (κ1) is 33.1. The normalized spacial score (nSPS) is 14.5. The maximum atomic E-state index is 12.2. The van der Waals surface area contributed by atoms with Gasteiger partial charge in [-0.2, -0.15) is 0 Å². The molecule has 0 saturated carbocycles. The number of unbranched alkanes of at least 4 members (excludes halogenated alkanes) is 13. The number of halogens is 1. The van der Waals surface area contributed by atoms with Gasteiger partial charge in [0.1, 0.15) is 11.5 Å². The standard InChI is InChI=1S/C33H53ClN2O3/c1-3-5-6-7-8-9-10-11-12-13-14-15-16-19-26-38-32-22-21-30(27-31(32)34)39-28-33(37)35-24-23-29-20-17-18-25-36(29)4-2/h17-18,20-22,25,27,29H,3-16,19,23-24,26,28H2,1-2H3,(H,35,37). The third kappa shape index (κ3) is 15.3. The first-order valence-corrected chi connectivity index (χ1v) is 15.9. The van der Waals surface area contributed by atoms with Crippen molar-refractivity contribution in [1.82, 2.24) is 10.2 Å². The highest BCUT2D eigenvalue weighted by Gasteiger charge is 2.13. The summed E-state index contributed by atoms with van der Waals surface area (Å²) in [5.74, 6) is 1.09. The average molecular weight is 561 g/mol. The van der Waals surface area contributed by atoms with Crippen LogP contribution in [0.15, 0.2) is 42.6 Å². The summed E-state index contributed by atoms with van der Waals surface area (Å²) in [5, 5.41) is 3.45. The van der Waals surface area contributed by atoms with Crippen LogP contribution in [0.5, 0.6) is 11.5 Å². The number of ether oxygens (including phenoxy) is 2. The molecule has 1 aromatic rings. The van der Waals surface area contributed by atoms with Gasteiger partial charge in [0, 0.05) is 25.2 Å². The van der Waals surface area contributed by atoms with Crippen LogP contribution >= 0.6 is 11.6 Å². The van der Waals surface area contributed by atoms with Crippen molar-refractivity contribution in [2.24, 2.45) is 0 Å². The molecule has 5 nitrogen and oxygen atoms in total. The van der Waals surface area contributed by atoms with Gasteiger partial charge in [0.15, 0.2) is 6.61 Å². The van der Waals surface area contributed by atoms with E-state index in [-0.39, 0.29) is 12.5 Å². The van der Waals surface area contributed by atoms with Crippen molar-refractivity contribution in [3.8, 4) is 11.5 Å². The van der Waals surface area contributed by atoms with Crippen LogP contribution in [0.4, 0.5) is 0 Å². The molecular weight excluding hydrogens is 508 g/mol. The van der Waals surface area contributed by atoms with Crippen molar-refractivity contribution in [2.75, 3.05) is 26.3 Å². The zero-order chi connectivity index (χ0) is 28.0. The van der Waals surface area contributed by atoms with E-state index in [1.807, 2.05) is 12.1 Å². The van der Waals surface area contributed by atoms with Crippen LogP contribution in [0, 0.1) is 0 Å². The predicted molar refractivity (Wildman–Crippen MR) is 165 cm³/mol. The highest BCUT2D eigenvalue weighted by molar-refractivity contribution is 6.32. The van der Waals surface area contributed by atoms with Crippen LogP contribution in [0.2, 0.25) is 5.02 Å². The number of nitrogens with zero attached hydrogens (tertiary/aromatic N) is 1.